The molecule has 0 aliphatic carbocycles. The van der Waals surface area contributed by atoms with Gasteiger partial charge in [0.2, 0.25) is 0 Å². The molecule has 0 bridgehead atoms. The predicted molar refractivity (Wildman–Crippen MR) is 97.5 cm³/mol. The van der Waals surface area contributed by atoms with Gasteiger partial charge in [-0.05, 0) is 99.1 Å². The average Bonchev–Trinajstić information content (AvgIpc) is 2.43. The van der Waals surface area contributed by atoms with Crippen molar-refractivity contribution in [3.63, 3.8) is 0 Å². The van der Waals surface area contributed by atoms with E-state index in [0.717, 1.165) is 29.0 Å². The van der Waals surface area contributed by atoms with Crippen molar-refractivity contribution in [1.29, 1.82) is 0 Å². The highest BCUT2D eigenvalue weighted by Crippen LogP contribution is 2.32. The Morgan fingerprint density at radius 3 is 1.25 bits per heavy atom. The molecule has 6 heteroatoms. The highest BCUT2D eigenvalue weighted by Gasteiger charge is 2.18. The van der Waals surface area contributed by atoms with E-state index in [0.29, 0.717) is 0 Å². The molecular weight excluding hydrogens is 516 g/mol. The van der Waals surface area contributed by atoms with Crippen molar-refractivity contribution in [2.75, 3.05) is 0 Å². The zero-order chi connectivity index (χ0) is 14.9. The molecule has 2 atom stereocenters. The molecule has 0 spiro atoms. The van der Waals surface area contributed by atoms with Crippen LogP contribution in [0, 0.1) is 0 Å². The second kappa shape index (κ2) is 7.03. The molecule has 106 valence electrons. The molecule has 2 rings (SSSR count). The molecule has 0 radical (unpaired) electrons. The SMILES string of the molecule is NC(c1ccc(Br)c(Br)c1)C(N)c1ccc(Br)c(Br)c1. The number of benzene rings is 2. The van der Waals surface area contributed by atoms with Gasteiger partial charge in [0.25, 0.3) is 0 Å². The van der Waals surface area contributed by atoms with Crippen molar-refractivity contribution >= 4 is 63.7 Å². The maximum atomic E-state index is 6.29. The number of halogens is 4. The van der Waals surface area contributed by atoms with Crippen molar-refractivity contribution in [2.45, 2.75) is 12.1 Å². The van der Waals surface area contributed by atoms with Crippen LogP contribution in [0.3, 0.4) is 0 Å². The van der Waals surface area contributed by atoms with Crippen LogP contribution in [0.5, 0.6) is 0 Å². The lowest BCUT2D eigenvalue weighted by molar-refractivity contribution is 0.574. The molecule has 2 unspecified atom stereocenters. The minimum absolute atomic E-state index is 0.271. The number of rotatable bonds is 3. The van der Waals surface area contributed by atoms with Crippen LogP contribution in [0.2, 0.25) is 0 Å². The van der Waals surface area contributed by atoms with Gasteiger partial charge in [0, 0.05) is 30.0 Å². The normalized spacial score (nSPS) is 14.1. The van der Waals surface area contributed by atoms with E-state index in [9.17, 15) is 0 Å². The number of hydrogen-bond acceptors (Lipinski definition) is 2. The smallest absolute Gasteiger partial charge is 0.0491 e. The molecule has 0 fully saturated rings. The first kappa shape index (κ1) is 16.6. The summed E-state index contributed by atoms with van der Waals surface area (Å²) in [5.74, 6) is 0. The van der Waals surface area contributed by atoms with E-state index in [1.54, 1.807) is 0 Å². The zero-order valence-corrected chi connectivity index (χ0v) is 16.6. The van der Waals surface area contributed by atoms with Crippen molar-refractivity contribution in [1.82, 2.24) is 0 Å². The Morgan fingerprint density at radius 1 is 0.600 bits per heavy atom. The molecule has 0 aliphatic rings. The number of nitrogens with two attached hydrogens (primary N) is 2. The van der Waals surface area contributed by atoms with Crippen LogP contribution in [0.4, 0.5) is 0 Å². The molecule has 0 saturated carbocycles. The molecule has 4 N–H and O–H groups in total. The third kappa shape index (κ3) is 3.72. The lowest BCUT2D eigenvalue weighted by Crippen LogP contribution is -2.26. The molecule has 0 amide bonds. The van der Waals surface area contributed by atoms with Crippen LogP contribution in [0.1, 0.15) is 23.2 Å². The zero-order valence-electron chi connectivity index (χ0n) is 10.3. The van der Waals surface area contributed by atoms with Crippen LogP contribution >= 0.6 is 63.7 Å². The summed E-state index contributed by atoms with van der Waals surface area (Å²) in [5, 5.41) is 0. The van der Waals surface area contributed by atoms with Crippen molar-refractivity contribution in [3.05, 3.63) is 65.4 Å². The summed E-state index contributed by atoms with van der Waals surface area (Å²) in [6.07, 6.45) is 0. The van der Waals surface area contributed by atoms with E-state index >= 15 is 0 Å². The molecule has 0 aliphatic heterocycles. The van der Waals surface area contributed by atoms with E-state index in [1.807, 2.05) is 36.4 Å². The number of hydrogen-bond donors (Lipinski definition) is 2. The fourth-order valence-electron chi connectivity index (χ4n) is 1.85. The Hall–Kier alpha value is 0.280. The summed E-state index contributed by atoms with van der Waals surface area (Å²) >= 11 is 13.9. The molecule has 20 heavy (non-hydrogen) atoms. The Morgan fingerprint density at radius 2 is 0.950 bits per heavy atom. The highest BCUT2D eigenvalue weighted by molar-refractivity contribution is 9.13. The molecule has 2 aromatic carbocycles. The van der Waals surface area contributed by atoms with Gasteiger partial charge in [-0.1, -0.05) is 12.1 Å². The Balaban J connectivity index is 2.29. The first-order valence-corrected chi connectivity index (χ1v) is 8.98. The van der Waals surface area contributed by atoms with Crippen molar-refractivity contribution in [3.8, 4) is 0 Å². The Bertz CT molecular complexity index is 575. The standard InChI is InChI=1S/C14H12Br4N2/c15-9-3-1-7(5-11(9)17)13(19)14(20)8-2-4-10(16)12(18)6-8/h1-6,13-14H,19-20H2. The van der Waals surface area contributed by atoms with Crippen LogP contribution in [-0.2, 0) is 0 Å². The van der Waals surface area contributed by atoms with E-state index < -0.39 is 0 Å². The van der Waals surface area contributed by atoms with Crippen molar-refractivity contribution < 1.29 is 0 Å². The summed E-state index contributed by atoms with van der Waals surface area (Å²) in [4.78, 5) is 0. The first-order chi connectivity index (χ1) is 9.40. The van der Waals surface area contributed by atoms with Gasteiger partial charge in [0.05, 0.1) is 0 Å². The predicted octanol–water partition coefficient (Wildman–Crippen LogP) is 5.44. The Labute approximate surface area is 151 Å². The van der Waals surface area contributed by atoms with Crippen molar-refractivity contribution in [2.24, 2.45) is 11.5 Å². The quantitative estimate of drug-likeness (QED) is 0.559. The fourth-order valence-corrected chi connectivity index (χ4v) is 3.14. The molecule has 0 heterocycles. The summed E-state index contributed by atoms with van der Waals surface area (Å²) in [6, 6.07) is 11.3. The lowest BCUT2D eigenvalue weighted by atomic mass is 9.95. The van der Waals surface area contributed by atoms with Gasteiger partial charge >= 0.3 is 0 Å². The molecule has 2 aromatic rings. The topological polar surface area (TPSA) is 52.0 Å². The lowest BCUT2D eigenvalue weighted by Gasteiger charge is -2.21. The van der Waals surface area contributed by atoms with Gasteiger partial charge in [0.1, 0.15) is 0 Å². The van der Waals surface area contributed by atoms with Crippen LogP contribution < -0.4 is 11.5 Å². The molecule has 2 nitrogen and oxygen atoms in total. The maximum absolute atomic E-state index is 6.29. The third-order valence-corrected chi connectivity index (χ3v) is 6.80. The van der Waals surface area contributed by atoms with Gasteiger partial charge in [-0.25, -0.2) is 0 Å². The van der Waals surface area contributed by atoms with Gasteiger partial charge in [-0.2, -0.15) is 0 Å². The minimum Gasteiger partial charge on any atom is -0.322 e. The van der Waals surface area contributed by atoms with Crippen LogP contribution in [-0.4, -0.2) is 0 Å². The first-order valence-electron chi connectivity index (χ1n) is 5.81. The van der Waals surface area contributed by atoms with E-state index in [1.165, 1.54) is 0 Å². The second-order valence-electron chi connectivity index (χ2n) is 4.40. The van der Waals surface area contributed by atoms with E-state index in [4.69, 9.17) is 11.5 Å². The highest BCUT2D eigenvalue weighted by atomic mass is 79.9. The summed E-state index contributed by atoms with van der Waals surface area (Å²) in [5.41, 5.74) is 14.6. The monoisotopic (exact) mass is 524 g/mol. The van der Waals surface area contributed by atoms with Gasteiger partial charge < -0.3 is 11.5 Å². The van der Waals surface area contributed by atoms with E-state index in [-0.39, 0.29) is 12.1 Å². The molecule has 0 saturated heterocycles. The fraction of sp³-hybridized carbons (Fsp3) is 0.143. The van der Waals surface area contributed by atoms with Gasteiger partial charge in [-0.15, -0.1) is 0 Å². The maximum Gasteiger partial charge on any atom is 0.0491 e. The Kier molecular flexibility index (Phi) is 5.85. The summed E-state index contributed by atoms with van der Waals surface area (Å²) in [6.45, 7) is 0. The van der Waals surface area contributed by atoms with E-state index in [2.05, 4.69) is 63.7 Å². The minimum atomic E-state index is -0.271. The largest absolute Gasteiger partial charge is 0.322 e. The summed E-state index contributed by atoms with van der Waals surface area (Å²) in [7, 11) is 0. The molecular formula is C14H12Br4N2. The molecule has 0 aromatic heterocycles. The van der Waals surface area contributed by atoms with Crippen LogP contribution in [0.15, 0.2) is 54.3 Å². The van der Waals surface area contributed by atoms with Crippen LogP contribution in [0.25, 0.3) is 0 Å². The van der Waals surface area contributed by atoms with Gasteiger partial charge in [-0.3, -0.25) is 0 Å². The van der Waals surface area contributed by atoms with Gasteiger partial charge in [0.15, 0.2) is 0 Å². The third-order valence-electron chi connectivity index (χ3n) is 3.04. The second-order valence-corrected chi connectivity index (χ2v) is 7.82. The average molecular weight is 528 g/mol. The summed E-state index contributed by atoms with van der Waals surface area (Å²) < 4.78 is 3.92.